The minimum atomic E-state index is -0.453. The lowest BCUT2D eigenvalue weighted by atomic mass is 9.68. The maximum Gasteiger partial charge on any atom is 0.318 e. The lowest BCUT2D eigenvalue weighted by Gasteiger charge is -2.30. The van der Waals surface area contributed by atoms with Crippen molar-refractivity contribution in [3.63, 3.8) is 0 Å². The summed E-state index contributed by atoms with van der Waals surface area (Å²) in [4.78, 5) is 25.1. The summed E-state index contributed by atoms with van der Waals surface area (Å²) < 4.78 is 5.08. The molecule has 3 heteroatoms. The van der Waals surface area contributed by atoms with Gasteiger partial charge in [0.1, 0.15) is 0 Å². The Kier molecular flexibility index (Phi) is 2.54. The number of cyclic esters (lactones) is 2. The molecule has 4 unspecified atom stereocenters. The maximum atomic E-state index is 12.5. The van der Waals surface area contributed by atoms with E-state index in [2.05, 4.69) is 12.2 Å². The van der Waals surface area contributed by atoms with Crippen molar-refractivity contribution < 1.29 is 14.3 Å². The number of ether oxygens (including phenoxy) is 1. The lowest BCUT2D eigenvalue weighted by molar-refractivity contribution is -0.155. The van der Waals surface area contributed by atoms with Crippen LogP contribution >= 0.6 is 0 Å². The van der Waals surface area contributed by atoms with E-state index < -0.39 is 22.7 Å². The van der Waals surface area contributed by atoms with Gasteiger partial charge in [-0.05, 0) is 17.5 Å². The van der Waals surface area contributed by atoms with Crippen molar-refractivity contribution in [2.75, 3.05) is 0 Å². The molecule has 1 aliphatic heterocycles. The van der Waals surface area contributed by atoms with Gasteiger partial charge in [-0.15, -0.1) is 0 Å². The van der Waals surface area contributed by atoms with Gasteiger partial charge in [0.2, 0.25) is 0 Å². The van der Waals surface area contributed by atoms with E-state index in [0.29, 0.717) is 0 Å². The average Bonchev–Trinajstić information content (AvgIpc) is 3.27. The first-order valence-corrected chi connectivity index (χ1v) is 8.24. The first kappa shape index (κ1) is 13.7. The maximum absolute atomic E-state index is 12.5. The topological polar surface area (TPSA) is 43.4 Å². The van der Waals surface area contributed by atoms with E-state index in [-0.39, 0.29) is 11.9 Å². The second kappa shape index (κ2) is 4.44. The Balaban J connectivity index is 1.75. The Morgan fingerprint density at radius 2 is 1.12 bits per heavy atom. The van der Waals surface area contributed by atoms with Crippen molar-refractivity contribution in [1.82, 2.24) is 0 Å². The van der Waals surface area contributed by atoms with Gasteiger partial charge in [0.25, 0.3) is 0 Å². The standard InChI is InChI=1S/C21H16O3/c22-18-16-17(19(23)24-18)21(15-9-5-2-6-10-15)12-11-20(16,13-21)14-7-3-1-4-8-14/h1-12,16-17H,13H2. The normalized spacial score (nSPS) is 36.0. The number of hydrogen-bond acceptors (Lipinski definition) is 3. The van der Waals surface area contributed by atoms with E-state index in [4.69, 9.17) is 4.74 Å². The number of allylic oxidation sites excluding steroid dienone is 2. The highest BCUT2D eigenvalue weighted by Gasteiger charge is 2.72. The van der Waals surface area contributed by atoms with Gasteiger partial charge in [-0.25, -0.2) is 0 Å². The zero-order chi connectivity index (χ0) is 16.4. The molecule has 0 N–H and O–H groups in total. The largest absolute Gasteiger partial charge is 0.393 e. The van der Waals surface area contributed by atoms with E-state index >= 15 is 0 Å². The van der Waals surface area contributed by atoms with Crippen LogP contribution in [0.1, 0.15) is 17.5 Å². The zero-order valence-corrected chi connectivity index (χ0v) is 13.0. The number of rotatable bonds is 2. The van der Waals surface area contributed by atoms with Crippen LogP contribution in [0.5, 0.6) is 0 Å². The summed E-state index contributed by atoms with van der Waals surface area (Å²) in [5.41, 5.74) is 1.26. The van der Waals surface area contributed by atoms with Gasteiger partial charge in [-0.3, -0.25) is 9.59 Å². The highest BCUT2D eigenvalue weighted by molar-refractivity contribution is 6.00. The van der Waals surface area contributed by atoms with Crippen LogP contribution in [0.4, 0.5) is 0 Å². The lowest BCUT2D eigenvalue weighted by Crippen LogP contribution is -2.37. The second-order valence-corrected chi connectivity index (χ2v) is 7.02. The van der Waals surface area contributed by atoms with Crippen molar-refractivity contribution in [3.8, 4) is 0 Å². The van der Waals surface area contributed by atoms with E-state index in [1.54, 1.807) is 0 Å². The van der Waals surface area contributed by atoms with Crippen LogP contribution in [0, 0.1) is 11.8 Å². The fraction of sp³-hybridized carbons (Fsp3) is 0.238. The van der Waals surface area contributed by atoms with Crippen LogP contribution < -0.4 is 0 Å². The fourth-order valence-corrected chi connectivity index (χ4v) is 5.09. The third-order valence-electron chi connectivity index (χ3n) is 6.04. The van der Waals surface area contributed by atoms with E-state index in [1.165, 1.54) is 0 Å². The molecule has 1 saturated carbocycles. The first-order chi connectivity index (χ1) is 11.7. The number of esters is 2. The molecule has 4 atom stereocenters. The molecule has 3 aliphatic rings. The van der Waals surface area contributed by atoms with Crippen LogP contribution in [0.3, 0.4) is 0 Å². The number of carbonyl (C=O) groups excluding carboxylic acids is 2. The number of carbonyl (C=O) groups is 2. The van der Waals surface area contributed by atoms with Crippen LogP contribution in [-0.4, -0.2) is 11.9 Å². The molecule has 2 aliphatic carbocycles. The van der Waals surface area contributed by atoms with Crippen LogP contribution in [0.2, 0.25) is 0 Å². The molecule has 2 aromatic carbocycles. The first-order valence-electron chi connectivity index (χ1n) is 8.24. The smallest absolute Gasteiger partial charge is 0.318 e. The Morgan fingerprint density at radius 1 is 0.708 bits per heavy atom. The minimum absolute atomic E-state index is 0.379. The summed E-state index contributed by atoms with van der Waals surface area (Å²) in [6, 6.07) is 20.0. The molecule has 5 rings (SSSR count). The highest BCUT2D eigenvalue weighted by atomic mass is 16.6. The van der Waals surface area contributed by atoms with Gasteiger partial charge in [-0.2, -0.15) is 0 Å². The van der Waals surface area contributed by atoms with Crippen molar-refractivity contribution >= 4 is 11.9 Å². The molecule has 1 heterocycles. The Hall–Kier alpha value is -2.68. The molecule has 24 heavy (non-hydrogen) atoms. The third kappa shape index (κ3) is 1.47. The van der Waals surface area contributed by atoms with E-state index in [1.807, 2.05) is 60.7 Å². The summed E-state index contributed by atoms with van der Waals surface area (Å²) in [6.07, 6.45) is 5.01. The van der Waals surface area contributed by atoms with Gasteiger partial charge < -0.3 is 4.74 Å². The van der Waals surface area contributed by atoms with Crippen LogP contribution in [-0.2, 0) is 25.2 Å². The molecule has 0 spiro atoms. The zero-order valence-electron chi connectivity index (χ0n) is 13.0. The molecular weight excluding hydrogens is 300 g/mol. The summed E-state index contributed by atoms with van der Waals surface area (Å²) in [6.45, 7) is 0. The highest BCUT2D eigenvalue weighted by Crippen LogP contribution is 2.66. The molecule has 0 radical (unpaired) electrons. The van der Waals surface area contributed by atoms with Crippen molar-refractivity contribution in [2.24, 2.45) is 11.8 Å². The summed E-state index contributed by atoms with van der Waals surface area (Å²) in [5.74, 6) is -1.62. The predicted octanol–water partition coefficient (Wildman–Crippen LogP) is 3.15. The van der Waals surface area contributed by atoms with Crippen molar-refractivity contribution in [2.45, 2.75) is 17.3 Å². The number of benzene rings is 2. The van der Waals surface area contributed by atoms with Crippen LogP contribution in [0.15, 0.2) is 72.8 Å². The van der Waals surface area contributed by atoms with Gasteiger partial charge in [0.05, 0.1) is 11.8 Å². The Bertz CT molecular complexity index is 799. The van der Waals surface area contributed by atoms with Crippen LogP contribution in [0.25, 0.3) is 0 Å². The molecular formula is C21H16O3. The molecule has 2 fully saturated rings. The van der Waals surface area contributed by atoms with E-state index in [0.717, 1.165) is 17.5 Å². The molecule has 3 nitrogen and oxygen atoms in total. The van der Waals surface area contributed by atoms with Crippen molar-refractivity contribution in [1.29, 1.82) is 0 Å². The summed E-state index contributed by atoms with van der Waals surface area (Å²) >= 11 is 0. The molecule has 0 aromatic heterocycles. The van der Waals surface area contributed by atoms with E-state index in [9.17, 15) is 9.59 Å². The van der Waals surface area contributed by atoms with Gasteiger partial charge in [0.15, 0.2) is 0 Å². The molecule has 2 aromatic rings. The average molecular weight is 316 g/mol. The fourth-order valence-electron chi connectivity index (χ4n) is 5.09. The quantitative estimate of drug-likeness (QED) is 0.486. The minimum Gasteiger partial charge on any atom is -0.393 e. The summed E-state index contributed by atoms with van der Waals surface area (Å²) in [5, 5.41) is 0. The molecule has 1 saturated heterocycles. The predicted molar refractivity (Wildman–Crippen MR) is 88.1 cm³/mol. The Morgan fingerprint density at radius 3 is 1.54 bits per heavy atom. The third-order valence-corrected chi connectivity index (χ3v) is 6.04. The number of hydrogen-bond donors (Lipinski definition) is 0. The van der Waals surface area contributed by atoms with Crippen molar-refractivity contribution in [3.05, 3.63) is 83.9 Å². The monoisotopic (exact) mass is 316 g/mol. The molecule has 118 valence electrons. The Labute approximate surface area is 140 Å². The van der Waals surface area contributed by atoms with Gasteiger partial charge in [-0.1, -0.05) is 72.8 Å². The second-order valence-electron chi connectivity index (χ2n) is 7.02. The number of fused-ring (bicyclic) bond motifs is 5. The SMILES string of the molecule is O=C1OC(=O)C2C1C1(c3ccccc3)C=CC2(c2ccccc2)C1. The molecule has 2 bridgehead atoms. The summed E-state index contributed by atoms with van der Waals surface area (Å²) in [7, 11) is 0. The van der Waals surface area contributed by atoms with Gasteiger partial charge in [0, 0.05) is 10.8 Å². The van der Waals surface area contributed by atoms with Gasteiger partial charge >= 0.3 is 11.9 Å². The molecule has 0 amide bonds.